The summed E-state index contributed by atoms with van der Waals surface area (Å²) in [7, 11) is 0. The van der Waals surface area contributed by atoms with Crippen LogP contribution >= 0.6 is 0 Å². The predicted octanol–water partition coefficient (Wildman–Crippen LogP) is 3.52. The van der Waals surface area contributed by atoms with Crippen LogP contribution in [0.5, 0.6) is 0 Å². The fourth-order valence-electron chi connectivity index (χ4n) is 5.87. The Labute approximate surface area is 198 Å². The number of nitrogens with one attached hydrogen (secondary N) is 2. The molecule has 3 aliphatic rings. The van der Waals surface area contributed by atoms with Crippen LogP contribution in [0.1, 0.15) is 71.4 Å². The lowest BCUT2D eigenvalue weighted by molar-refractivity contribution is -0.136. The van der Waals surface area contributed by atoms with Gasteiger partial charge in [-0.15, -0.1) is 0 Å². The molecule has 2 fully saturated rings. The molecule has 2 N–H and O–H groups in total. The van der Waals surface area contributed by atoms with Crippen LogP contribution in [0, 0.1) is 19.7 Å². The number of rotatable bonds is 5. The van der Waals surface area contributed by atoms with Gasteiger partial charge in [0.2, 0.25) is 11.8 Å². The average molecular weight is 467 g/mol. The maximum atomic E-state index is 13.6. The van der Waals surface area contributed by atoms with Crippen molar-refractivity contribution in [2.24, 2.45) is 0 Å². The topological polar surface area (TPSA) is 85.5 Å². The number of fused-ring (bicyclic) bond motifs is 1. The van der Waals surface area contributed by atoms with E-state index in [9.17, 15) is 18.8 Å². The Kier molecular flexibility index (Phi) is 5.70. The van der Waals surface area contributed by atoms with Gasteiger partial charge in [-0.25, -0.2) is 4.39 Å². The first kappa shape index (κ1) is 22.6. The Balaban J connectivity index is 1.38. The Morgan fingerprint density at radius 1 is 1.12 bits per heavy atom. The number of H-pyrrole nitrogens is 1. The van der Waals surface area contributed by atoms with Gasteiger partial charge in [0.15, 0.2) is 0 Å². The lowest BCUT2D eigenvalue weighted by atomic mass is 9.94. The molecule has 34 heavy (non-hydrogen) atoms. The van der Waals surface area contributed by atoms with E-state index >= 15 is 0 Å². The predicted molar refractivity (Wildman–Crippen MR) is 126 cm³/mol. The summed E-state index contributed by atoms with van der Waals surface area (Å²) in [5.74, 6) is -0.654. The van der Waals surface area contributed by atoms with E-state index in [1.165, 1.54) is 12.1 Å². The summed E-state index contributed by atoms with van der Waals surface area (Å²) in [5, 5.41) is 3.13. The third kappa shape index (κ3) is 3.79. The van der Waals surface area contributed by atoms with Crippen LogP contribution in [0.3, 0.4) is 0 Å². The van der Waals surface area contributed by atoms with Crippen LogP contribution in [0.4, 0.5) is 10.1 Å². The molecule has 1 aliphatic carbocycles. The maximum Gasteiger partial charge on any atom is 0.254 e. The van der Waals surface area contributed by atoms with Gasteiger partial charge in [-0.1, -0.05) is 12.8 Å². The summed E-state index contributed by atoms with van der Waals surface area (Å²) in [6.07, 6.45) is 5.37. The number of hydrogen-bond donors (Lipinski definition) is 2. The van der Waals surface area contributed by atoms with Gasteiger partial charge in [-0.3, -0.25) is 14.4 Å². The first-order valence-corrected chi connectivity index (χ1v) is 12.2. The van der Waals surface area contributed by atoms with Crippen LogP contribution in [-0.4, -0.2) is 46.2 Å². The van der Waals surface area contributed by atoms with E-state index in [0.29, 0.717) is 35.3 Å². The van der Waals surface area contributed by atoms with Crippen molar-refractivity contribution in [3.05, 3.63) is 52.1 Å². The first-order valence-electron chi connectivity index (χ1n) is 12.2. The van der Waals surface area contributed by atoms with Gasteiger partial charge >= 0.3 is 0 Å². The highest BCUT2D eigenvalue weighted by atomic mass is 19.1. The molecule has 0 spiro atoms. The van der Waals surface area contributed by atoms with Crippen molar-refractivity contribution in [1.29, 1.82) is 0 Å². The molecule has 8 heteroatoms. The summed E-state index contributed by atoms with van der Waals surface area (Å²) in [6, 6.07) is 4.38. The molecule has 1 saturated heterocycles. The molecule has 0 radical (unpaired) electrons. The lowest BCUT2D eigenvalue weighted by Gasteiger charge is -2.33. The zero-order chi connectivity index (χ0) is 24.0. The highest BCUT2D eigenvalue weighted by Gasteiger charge is 2.45. The molecule has 0 atom stereocenters. The molecule has 1 saturated carbocycles. The molecule has 0 bridgehead atoms. The monoisotopic (exact) mass is 466 g/mol. The summed E-state index contributed by atoms with van der Waals surface area (Å²) >= 11 is 0. The van der Waals surface area contributed by atoms with Crippen LogP contribution in [0.25, 0.3) is 0 Å². The minimum absolute atomic E-state index is 0.0495. The smallest absolute Gasteiger partial charge is 0.254 e. The molecule has 1 aromatic heterocycles. The van der Waals surface area contributed by atoms with E-state index in [1.54, 1.807) is 11.0 Å². The fourth-order valence-corrected chi connectivity index (χ4v) is 5.87. The number of likely N-dealkylation sites (tertiary alicyclic amines) is 1. The van der Waals surface area contributed by atoms with Gasteiger partial charge in [0, 0.05) is 30.2 Å². The highest BCUT2D eigenvalue weighted by Crippen LogP contribution is 2.35. The van der Waals surface area contributed by atoms with Crippen molar-refractivity contribution < 1.29 is 18.8 Å². The first-order chi connectivity index (χ1) is 16.3. The zero-order valence-electron chi connectivity index (χ0n) is 19.8. The summed E-state index contributed by atoms with van der Waals surface area (Å²) < 4.78 is 13.6. The molecule has 2 aromatic rings. The third-order valence-electron chi connectivity index (χ3n) is 7.67. The standard InChI is InChI=1S/C26H31FN4O3/c1-16-20(15-31-21-8-7-19(27)13-18(21)14-22(31)32)28-17(2)23(16)24(33)29-26(9-3-4-10-26)25(34)30-11-5-6-12-30/h7-8,13,28H,3-6,9-12,14-15H2,1-2H3,(H,29,33). The van der Waals surface area contributed by atoms with Crippen molar-refractivity contribution in [3.63, 3.8) is 0 Å². The Bertz CT molecular complexity index is 1160. The Morgan fingerprint density at radius 2 is 1.82 bits per heavy atom. The van der Waals surface area contributed by atoms with Crippen LogP contribution in [0.15, 0.2) is 18.2 Å². The number of halogens is 1. The second-order valence-corrected chi connectivity index (χ2v) is 9.90. The lowest BCUT2D eigenvalue weighted by Crippen LogP contribution is -2.57. The van der Waals surface area contributed by atoms with Crippen molar-refractivity contribution >= 4 is 23.4 Å². The van der Waals surface area contributed by atoms with Crippen LogP contribution in [0.2, 0.25) is 0 Å². The largest absolute Gasteiger partial charge is 0.360 e. The number of aryl methyl sites for hydroxylation is 1. The quantitative estimate of drug-likeness (QED) is 0.707. The van der Waals surface area contributed by atoms with E-state index in [-0.39, 0.29) is 36.5 Å². The highest BCUT2D eigenvalue weighted by molar-refractivity contribution is 6.03. The van der Waals surface area contributed by atoms with E-state index in [4.69, 9.17) is 0 Å². The SMILES string of the molecule is Cc1[nH]c(CN2C(=O)Cc3cc(F)ccc32)c(C)c1C(=O)NC1(C(=O)N2CCCC2)CCCC1. The normalized spacial score (nSPS) is 19.1. The minimum atomic E-state index is -0.828. The second kappa shape index (κ2) is 8.56. The van der Waals surface area contributed by atoms with Gasteiger partial charge < -0.3 is 20.1 Å². The molecule has 1 aromatic carbocycles. The molecule has 3 heterocycles. The summed E-state index contributed by atoms with van der Waals surface area (Å²) in [6.45, 7) is 5.50. The van der Waals surface area contributed by atoms with Gasteiger partial charge in [-0.2, -0.15) is 0 Å². The van der Waals surface area contributed by atoms with Crippen molar-refractivity contribution in [1.82, 2.24) is 15.2 Å². The number of aromatic nitrogens is 1. The summed E-state index contributed by atoms with van der Waals surface area (Å²) in [5.41, 5.74) is 3.31. The van der Waals surface area contributed by atoms with E-state index in [1.807, 2.05) is 18.7 Å². The van der Waals surface area contributed by atoms with Gasteiger partial charge in [-0.05, 0) is 68.9 Å². The zero-order valence-corrected chi connectivity index (χ0v) is 19.8. The second-order valence-electron chi connectivity index (χ2n) is 9.90. The molecule has 2 aliphatic heterocycles. The Morgan fingerprint density at radius 3 is 2.53 bits per heavy atom. The number of benzene rings is 1. The van der Waals surface area contributed by atoms with Gasteiger partial charge in [0.1, 0.15) is 11.4 Å². The molecule has 0 unspecified atom stereocenters. The van der Waals surface area contributed by atoms with Crippen molar-refractivity contribution in [3.8, 4) is 0 Å². The number of aromatic amines is 1. The number of carbonyl (C=O) groups is 3. The van der Waals surface area contributed by atoms with Crippen LogP contribution in [-0.2, 0) is 22.6 Å². The van der Waals surface area contributed by atoms with Crippen LogP contribution < -0.4 is 10.2 Å². The minimum Gasteiger partial charge on any atom is -0.360 e. The number of amides is 3. The van der Waals surface area contributed by atoms with Crippen molar-refractivity contribution in [2.45, 2.75) is 70.9 Å². The van der Waals surface area contributed by atoms with E-state index in [0.717, 1.165) is 50.0 Å². The van der Waals surface area contributed by atoms with Gasteiger partial charge in [0.05, 0.1) is 18.5 Å². The average Bonchev–Trinajstić information content (AvgIpc) is 3.57. The molecule has 3 amide bonds. The molecule has 5 rings (SSSR count). The molecular weight excluding hydrogens is 435 g/mol. The molecular formula is C26H31FN4O3. The number of anilines is 1. The number of hydrogen-bond acceptors (Lipinski definition) is 3. The molecule has 180 valence electrons. The molecule has 7 nitrogen and oxygen atoms in total. The van der Waals surface area contributed by atoms with Crippen molar-refractivity contribution in [2.75, 3.05) is 18.0 Å². The van der Waals surface area contributed by atoms with E-state index < -0.39 is 5.54 Å². The third-order valence-corrected chi connectivity index (χ3v) is 7.67. The Hall–Kier alpha value is -3.16. The number of carbonyl (C=O) groups excluding carboxylic acids is 3. The maximum absolute atomic E-state index is 13.6. The fraction of sp³-hybridized carbons (Fsp3) is 0.500. The number of nitrogens with zero attached hydrogens (tertiary/aromatic N) is 2. The van der Waals surface area contributed by atoms with Gasteiger partial charge in [0.25, 0.3) is 5.91 Å². The summed E-state index contributed by atoms with van der Waals surface area (Å²) in [4.78, 5) is 46.3. The van der Waals surface area contributed by atoms with E-state index in [2.05, 4.69) is 10.3 Å².